The number of hydrogen-bond acceptors (Lipinski definition) is 2. The van der Waals surface area contributed by atoms with Crippen LogP contribution in [-0.4, -0.2) is 16.1 Å². The van der Waals surface area contributed by atoms with E-state index in [9.17, 15) is 9.90 Å². The van der Waals surface area contributed by atoms with E-state index in [-0.39, 0.29) is 0 Å². The molecule has 3 heteroatoms. The van der Waals surface area contributed by atoms with Crippen LogP contribution in [0.25, 0.3) is 10.8 Å². The van der Waals surface area contributed by atoms with Gasteiger partial charge < -0.3 is 5.11 Å². The van der Waals surface area contributed by atoms with Gasteiger partial charge in [0.15, 0.2) is 0 Å². The van der Waals surface area contributed by atoms with E-state index in [1.54, 1.807) is 6.20 Å². The van der Waals surface area contributed by atoms with Gasteiger partial charge in [-0.25, -0.2) is 0 Å². The van der Waals surface area contributed by atoms with Gasteiger partial charge in [0.05, 0.1) is 5.41 Å². The fraction of sp³-hybridized carbons (Fsp3) is 0.375. The maximum atomic E-state index is 11.7. The van der Waals surface area contributed by atoms with Crippen molar-refractivity contribution in [1.29, 1.82) is 0 Å². The topological polar surface area (TPSA) is 50.2 Å². The molecule has 1 N–H and O–H groups in total. The van der Waals surface area contributed by atoms with Crippen molar-refractivity contribution in [2.75, 3.05) is 0 Å². The highest BCUT2D eigenvalue weighted by Crippen LogP contribution is 2.42. The minimum atomic E-state index is -0.689. The van der Waals surface area contributed by atoms with Crippen LogP contribution in [0.4, 0.5) is 0 Å². The summed E-state index contributed by atoms with van der Waals surface area (Å²) in [4.78, 5) is 16.0. The molecule has 0 saturated heterocycles. The van der Waals surface area contributed by atoms with Gasteiger partial charge in [-0.1, -0.05) is 25.0 Å². The summed E-state index contributed by atoms with van der Waals surface area (Å²) >= 11 is 0. The number of aryl methyl sites for hydroxylation is 1. The Balaban J connectivity index is 2.20. The Bertz CT molecular complexity index is 642. The second-order valence-corrected chi connectivity index (χ2v) is 5.43. The van der Waals surface area contributed by atoms with E-state index in [2.05, 4.69) is 4.98 Å². The predicted octanol–water partition coefficient (Wildman–Crippen LogP) is 3.44. The third-order valence-electron chi connectivity index (χ3n) is 4.38. The normalized spacial score (nSPS) is 17.7. The molecule has 19 heavy (non-hydrogen) atoms. The van der Waals surface area contributed by atoms with Crippen molar-refractivity contribution in [3.8, 4) is 0 Å². The number of nitrogens with zero attached hydrogens (tertiary/aromatic N) is 1. The minimum absolute atomic E-state index is 0.684. The molecule has 98 valence electrons. The number of carbonyl (C=O) groups is 1. The van der Waals surface area contributed by atoms with Gasteiger partial charge in [-0.2, -0.15) is 0 Å². The van der Waals surface area contributed by atoms with Crippen molar-refractivity contribution in [2.45, 2.75) is 38.0 Å². The Hall–Kier alpha value is -1.90. The first-order valence-corrected chi connectivity index (χ1v) is 6.73. The van der Waals surface area contributed by atoms with Gasteiger partial charge >= 0.3 is 5.97 Å². The highest BCUT2D eigenvalue weighted by molar-refractivity contribution is 5.88. The Morgan fingerprint density at radius 1 is 1.26 bits per heavy atom. The Labute approximate surface area is 112 Å². The fourth-order valence-electron chi connectivity index (χ4n) is 3.22. The summed E-state index contributed by atoms with van der Waals surface area (Å²) in [6, 6.07) is 7.98. The highest BCUT2D eigenvalue weighted by Gasteiger charge is 2.42. The average Bonchev–Trinajstić information content (AvgIpc) is 2.89. The summed E-state index contributed by atoms with van der Waals surface area (Å²) in [7, 11) is 0. The van der Waals surface area contributed by atoms with Gasteiger partial charge in [0.2, 0.25) is 0 Å². The van der Waals surface area contributed by atoms with Gasteiger partial charge in [-0.15, -0.1) is 0 Å². The molecule has 1 fully saturated rings. The molecule has 0 amide bonds. The Morgan fingerprint density at radius 2 is 2.00 bits per heavy atom. The van der Waals surface area contributed by atoms with Crippen LogP contribution in [0.3, 0.4) is 0 Å². The van der Waals surface area contributed by atoms with Gasteiger partial charge in [-0.05, 0) is 42.8 Å². The minimum Gasteiger partial charge on any atom is -0.481 e. The number of fused-ring (bicyclic) bond motifs is 1. The standard InChI is InChI=1S/C16H17NO2/c1-11-14-10-13(5-4-12(14)6-9-17-11)16(15(18)19)7-2-3-8-16/h4-6,9-10H,2-3,7-8H2,1H3,(H,18,19). The number of hydrogen-bond donors (Lipinski definition) is 1. The summed E-state index contributed by atoms with van der Waals surface area (Å²) in [5.74, 6) is -0.689. The van der Waals surface area contributed by atoms with Crippen molar-refractivity contribution in [1.82, 2.24) is 4.98 Å². The van der Waals surface area contributed by atoms with Gasteiger partial charge in [-0.3, -0.25) is 9.78 Å². The van der Waals surface area contributed by atoms with Crippen LogP contribution in [0.5, 0.6) is 0 Å². The molecule has 3 nitrogen and oxygen atoms in total. The molecule has 3 rings (SSSR count). The van der Waals surface area contributed by atoms with Gasteiger partial charge in [0.1, 0.15) is 0 Å². The lowest BCUT2D eigenvalue weighted by Gasteiger charge is -2.24. The highest BCUT2D eigenvalue weighted by atomic mass is 16.4. The lowest BCUT2D eigenvalue weighted by Crippen LogP contribution is -2.32. The van der Waals surface area contributed by atoms with E-state index < -0.39 is 11.4 Å². The maximum Gasteiger partial charge on any atom is 0.314 e. The first-order valence-electron chi connectivity index (χ1n) is 6.73. The largest absolute Gasteiger partial charge is 0.481 e. The summed E-state index contributed by atoms with van der Waals surface area (Å²) in [5.41, 5.74) is 1.20. The molecule has 1 heterocycles. The quantitative estimate of drug-likeness (QED) is 0.894. The van der Waals surface area contributed by atoms with Crippen LogP contribution in [-0.2, 0) is 10.2 Å². The van der Waals surface area contributed by atoms with E-state index in [1.807, 2.05) is 31.2 Å². The molecule has 1 aromatic carbocycles. The van der Waals surface area contributed by atoms with E-state index in [0.29, 0.717) is 0 Å². The van der Waals surface area contributed by atoms with Crippen molar-refractivity contribution < 1.29 is 9.90 Å². The van der Waals surface area contributed by atoms with Crippen molar-refractivity contribution in [3.05, 3.63) is 41.7 Å². The first kappa shape index (κ1) is 12.2. The number of aliphatic carboxylic acids is 1. The molecule has 1 saturated carbocycles. The van der Waals surface area contributed by atoms with Crippen molar-refractivity contribution >= 4 is 16.7 Å². The monoisotopic (exact) mass is 255 g/mol. The molecule has 0 unspecified atom stereocenters. The number of aromatic nitrogens is 1. The molecule has 0 bridgehead atoms. The number of rotatable bonds is 2. The molecule has 0 radical (unpaired) electrons. The van der Waals surface area contributed by atoms with E-state index in [0.717, 1.165) is 47.7 Å². The molecule has 2 aromatic rings. The Morgan fingerprint density at radius 3 is 2.68 bits per heavy atom. The zero-order valence-corrected chi connectivity index (χ0v) is 11.0. The summed E-state index contributed by atoms with van der Waals surface area (Å²) in [6.45, 7) is 1.97. The lowest BCUT2D eigenvalue weighted by molar-refractivity contribution is -0.143. The van der Waals surface area contributed by atoms with Crippen LogP contribution in [0.1, 0.15) is 36.9 Å². The van der Waals surface area contributed by atoms with Gasteiger partial charge in [0.25, 0.3) is 0 Å². The second-order valence-electron chi connectivity index (χ2n) is 5.43. The predicted molar refractivity (Wildman–Crippen MR) is 74.3 cm³/mol. The SMILES string of the molecule is Cc1nccc2ccc(C3(C(=O)O)CCCC3)cc12. The zero-order chi connectivity index (χ0) is 13.5. The molecule has 0 atom stereocenters. The third kappa shape index (κ3) is 1.81. The number of carboxylic acid groups (broad SMARTS) is 1. The summed E-state index contributed by atoms with van der Waals surface area (Å²) < 4.78 is 0. The Kier molecular flexibility index (Phi) is 2.77. The zero-order valence-electron chi connectivity index (χ0n) is 11.0. The van der Waals surface area contributed by atoms with E-state index in [1.165, 1.54) is 0 Å². The van der Waals surface area contributed by atoms with E-state index in [4.69, 9.17) is 0 Å². The second kappa shape index (κ2) is 4.34. The lowest BCUT2D eigenvalue weighted by atomic mass is 9.78. The molecular formula is C16H17NO2. The average molecular weight is 255 g/mol. The number of benzene rings is 1. The van der Waals surface area contributed by atoms with Crippen LogP contribution in [0.2, 0.25) is 0 Å². The molecular weight excluding hydrogens is 238 g/mol. The maximum absolute atomic E-state index is 11.7. The molecule has 0 aliphatic heterocycles. The van der Waals surface area contributed by atoms with Crippen LogP contribution in [0, 0.1) is 6.92 Å². The van der Waals surface area contributed by atoms with Crippen molar-refractivity contribution in [3.63, 3.8) is 0 Å². The molecule has 0 spiro atoms. The van der Waals surface area contributed by atoms with Crippen LogP contribution in [0.15, 0.2) is 30.5 Å². The molecule has 1 aliphatic rings. The molecule has 1 aliphatic carbocycles. The molecule has 1 aromatic heterocycles. The van der Waals surface area contributed by atoms with Gasteiger partial charge in [0, 0.05) is 17.3 Å². The van der Waals surface area contributed by atoms with E-state index >= 15 is 0 Å². The number of carboxylic acids is 1. The first-order chi connectivity index (χ1) is 9.13. The summed E-state index contributed by atoms with van der Waals surface area (Å²) in [5, 5.41) is 11.8. The summed E-state index contributed by atoms with van der Waals surface area (Å²) in [6.07, 6.45) is 5.27. The van der Waals surface area contributed by atoms with Crippen molar-refractivity contribution in [2.24, 2.45) is 0 Å². The smallest absolute Gasteiger partial charge is 0.314 e. The number of pyridine rings is 1. The van der Waals surface area contributed by atoms with Crippen LogP contribution >= 0.6 is 0 Å². The van der Waals surface area contributed by atoms with Crippen LogP contribution < -0.4 is 0 Å². The third-order valence-corrected chi connectivity index (χ3v) is 4.38. The fourth-order valence-corrected chi connectivity index (χ4v) is 3.22.